The summed E-state index contributed by atoms with van der Waals surface area (Å²) in [5.74, 6) is 0.559. The molecule has 0 saturated heterocycles. The highest BCUT2D eigenvalue weighted by Crippen LogP contribution is 2.25. The maximum absolute atomic E-state index is 11.2. The number of carbonyl (C=O) groups is 1. The van der Waals surface area contributed by atoms with E-state index in [0.29, 0.717) is 5.69 Å². The van der Waals surface area contributed by atoms with Gasteiger partial charge in [-0.1, -0.05) is 38.3 Å². The fraction of sp³-hybridized carbons (Fsp3) is 0.400. The maximum atomic E-state index is 11.2. The molecule has 6 heteroatoms. The van der Waals surface area contributed by atoms with Crippen molar-refractivity contribution < 1.29 is 4.79 Å². The van der Waals surface area contributed by atoms with Crippen molar-refractivity contribution in [1.29, 1.82) is 0 Å². The molecule has 1 aromatic heterocycles. The predicted molar refractivity (Wildman–Crippen MR) is 85.2 cm³/mol. The van der Waals surface area contributed by atoms with Gasteiger partial charge in [0.15, 0.2) is 5.69 Å². The number of hydrogen-bond donors (Lipinski definition) is 2. The zero-order valence-electron chi connectivity index (χ0n) is 12.1. The minimum absolute atomic E-state index is 0.176. The van der Waals surface area contributed by atoms with E-state index in [-0.39, 0.29) is 5.69 Å². The van der Waals surface area contributed by atoms with Gasteiger partial charge in [-0.25, -0.2) is 0 Å². The van der Waals surface area contributed by atoms with Crippen LogP contribution in [0.1, 0.15) is 43.1 Å². The lowest BCUT2D eigenvalue weighted by Gasteiger charge is -2.03. The van der Waals surface area contributed by atoms with Crippen molar-refractivity contribution in [2.45, 2.75) is 37.5 Å². The fourth-order valence-corrected chi connectivity index (χ4v) is 2.94. The molecule has 5 nitrogen and oxygen atoms in total. The molecule has 0 fully saturated rings. The summed E-state index contributed by atoms with van der Waals surface area (Å²) in [4.78, 5) is 12.5. The number of nitrogens with zero attached hydrogens (tertiary/aromatic N) is 2. The molecule has 2 aromatic rings. The van der Waals surface area contributed by atoms with Crippen LogP contribution in [0.3, 0.4) is 0 Å². The van der Waals surface area contributed by atoms with Crippen molar-refractivity contribution in [3.63, 3.8) is 0 Å². The average Bonchev–Trinajstić information content (AvgIpc) is 2.97. The van der Waals surface area contributed by atoms with Gasteiger partial charge in [0.1, 0.15) is 5.69 Å². The Bertz CT molecular complexity index is 580. The molecule has 2 rings (SSSR count). The van der Waals surface area contributed by atoms with E-state index in [2.05, 4.69) is 22.3 Å². The number of rotatable bonds is 8. The van der Waals surface area contributed by atoms with Crippen molar-refractivity contribution in [2.24, 2.45) is 5.73 Å². The van der Waals surface area contributed by atoms with E-state index < -0.39 is 5.91 Å². The number of nitrogens with two attached hydrogens (primary N) is 1. The zero-order valence-corrected chi connectivity index (χ0v) is 12.9. The van der Waals surface area contributed by atoms with Crippen LogP contribution in [-0.2, 0) is 0 Å². The summed E-state index contributed by atoms with van der Waals surface area (Å²) in [7, 11) is 0. The van der Waals surface area contributed by atoms with Crippen molar-refractivity contribution in [3.8, 4) is 11.3 Å². The summed E-state index contributed by atoms with van der Waals surface area (Å²) < 4.78 is 0. The number of benzene rings is 1. The minimum atomic E-state index is -0.576. The lowest BCUT2D eigenvalue weighted by molar-refractivity contribution is 0.0996. The average molecular weight is 304 g/mol. The number of aromatic nitrogens is 3. The number of H-pyrrole nitrogens is 1. The number of amides is 1. The molecule has 0 unspecified atom stereocenters. The van der Waals surface area contributed by atoms with Gasteiger partial charge in [-0.2, -0.15) is 15.4 Å². The third-order valence-electron chi connectivity index (χ3n) is 3.18. The first-order valence-electron chi connectivity index (χ1n) is 7.16. The molecule has 0 aliphatic carbocycles. The Hall–Kier alpha value is -1.82. The fourth-order valence-electron chi connectivity index (χ4n) is 2.03. The molecule has 0 bridgehead atoms. The van der Waals surface area contributed by atoms with Crippen molar-refractivity contribution in [3.05, 3.63) is 30.0 Å². The Kier molecular flexibility index (Phi) is 5.80. The standard InChI is InChI=1S/C15H20N4OS/c1-2-3-4-5-10-21-12-8-6-11(7-9-12)13-14(15(16)20)18-19-17-13/h6-9H,2-5,10H2,1H3,(H2,16,20)(H,17,18,19). The molecular formula is C15H20N4OS. The lowest BCUT2D eigenvalue weighted by atomic mass is 10.1. The third-order valence-corrected chi connectivity index (χ3v) is 4.27. The van der Waals surface area contributed by atoms with Crippen LogP contribution in [0.2, 0.25) is 0 Å². The Balaban J connectivity index is 1.95. The monoisotopic (exact) mass is 304 g/mol. The summed E-state index contributed by atoms with van der Waals surface area (Å²) in [6.45, 7) is 2.22. The molecule has 0 aliphatic heterocycles. The molecule has 21 heavy (non-hydrogen) atoms. The van der Waals surface area contributed by atoms with Crippen LogP contribution in [-0.4, -0.2) is 27.1 Å². The molecular weight excluding hydrogens is 284 g/mol. The quantitative estimate of drug-likeness (QED) is 0.579. The van der Waals surface area contributed by atoms with Crippen LogP contribution in [0.5, 0.6) is 0 Å². The van der Waals surface area contributed by atoms with Gasteiger partial charge < -0.3 is 5.73 Å². The molecule has 1 aromatic carbocycles. The van der Waals surface area contributed by atoms with Gasteiger partial charge in [0, 0.05) is 10.5 Å². The number of unbranched alkanes of at least 4 members (excludes halogenated alkanes) is 3. The molecule has 0 atom stereocenters. The number of carbonyl (C=O) groups excluding carboxylic acids is 1. The Morgan fingerprint density at radius 2 is 1.95 bits per heavy atom. The van der Waals surface area contributed by atoms with Gasteiger partial charge in [-0.3, -0.25) is 4.79 Å². The van der Waals surface area contributed by atoms with Crippen LogP contribution in [0.4, 0.5) is 0 Å². The Labute approximate surface area is 128 Å². The molecule has 3 N–H and O–H groups in total. The highest BCUT2D eigenvalue weighted by molar-refractivity contribution is 7.99. The van der Waals surface area contributed by atoms with Crippen LogP contribution in [0.15, 0.2) is 29.2 Å². The summed E-state index contributed by atoms with van der Waals surface area (Å²) in [5, 5.41) is 10.2. The minimum Gasteiger partial charge on any atom is -0.364 e. The number of thioether (sulfide) groups is 1. The van der Waals surface area contributed by atoms with Crippen molar-refractivity contribution >= 4 is 17.7 Å². The predicted octanol–water partition coefficient (Wildman–Crippen LogP) is 3.24. The number of hydrogen-bond acceptors (Lipinski definition) is 4. The normalized spacial score (nSPS) is 10.7. The van der Waals surface area contributed by atoms with E-state index in [9.17, 15) is 4.79 Å². The number of nitrogens with one attached hydrogen (secondary N) is 1. The topological polar surface area (TPSA) is 84.7 Å². The second-order valence-electron chi connectivity index (χ2n) is 4.82. The molecule has 0 radical (unpaired) electrons. The zero-order chi connectivity index (χ0) is 15.1. The second kappa shape index (κ2) is 7.83. The van der Waals surface area contributed by atoms with Crippen LogP contribution in [0.25, 0.3) is 11.3 Å². The van der Waals surface area contributed by atoms with Crippen molar-refractivity contribution in [2.75, 3.05) is 5.75 Å². The second-order valence-corrected chi connectivity index (χ2v) is 5.99. The first kappa shape index (κ1) is 15.6. The summed E-state index contributed by atoms with van der Waals surface area (Å²) in [6.07, 6.45) is 5.11. The van der Waals surface area contributed by atoms with E-state index in [1.54, 1.807) is 0 Å². The lowest BCUT2D eigenvalue weighted by Crippen LogP contribution is -2.12. The van der Waals surface area contributed by atoms with Gasteiger partial charge in [-0.15, -0.1) is 11.8 Å². The van der Waals surface area contributed by atoms with Gasteiger partial charge in [0.25, 0.3) is 5.91 Å². The van der Waals surface area contributed by atoms with Gasteiger partial charge in [0.05, 0.1) is 0 Å². The summed E-state index contributed by atoms with van der Waals surface area (Å²) >= 11 is 1.85. The summed E-state index contributed by atoms with van der Waals surface area (Å²) in [5.41, 5.74) is 6.78. The third kappa shape index (κ3) is 4.32. The molecule has 0 aliphatic rings. The Morgan fingerprint density at radius 3 is 2.62 bits per heavy atom. The van der Waals surface area contributed by atoms with Crippen LogP contribution >= 0.6 is 11.8 Å². The molecule has 112 valence electrons. The first-order chi connectivity index (χ1) is 10.2. The van der Waals surface area contributed by atoms with Crippen LogP contribution in [0, 0.1) is 0 Å². The highest BCUT2D eigenvalue weighted by atomic mass is 32.2. The van der Waals surface area contributed by atoms with Gasteiger partial charge >= 0.3 is 0 Å². The van der Waals surface area contributed by atoms with E-state index in [0.717, 1.165) is 11.3 Å². The molecule has 0 saturated carbocycles. The van der Waals surface area contributed by atoms with E-state index in [1.807, 2.05) is 36.0 Å². The number of primary amides is 1. The smallest absolute Gasteiger partial charge is 0.271 e. The number of aromatic amines is 1. The molecule has 1 heterocycles. The van der Waals surface area contributed by atoms with Gasteiger partial charge in [-0.05, 0) is 24.3 Å². The van der Waals surface area contributed by atoms with E-state index in [1.165, 1.54) is 30.6 Å². The largest absolute Gasteiger partial charge is 0.364 e. The maximum Gasteiger partial charge on any atom is 0.271 e. The van der Waals surface area contributed by atoms with E-state index in [4.69, 9.17) is 5.73 Å². The molecule has 1 amide bonds. The highest BCUT2D eigenvalue weighted by Gasteiger charge is 2.14. The van der Waals surface area contributed by atoms with Gasteiger partial charge in [0.2, 0.25) is 0 Å². The van der Waals surface area contributed by atoms with E-state index >= 15 is 0 Å². The summed E-state index contributed by atoms with van der Waals surface area (Å²) in [6, 6.07) is 7.97. The van der Waals surface area contributed by atoms with Crippen LogP contribution < -0.4 is 5.73 Å². The SMILES string of the molecule is CCCCCCSc1ccc(-c2n[nH]nc2C(N)=O)cc1. The first-order valence-corrected chi connectivity index (χ1v) is 8.14. The molecule has 0 spiro atoms. The van der Waals surface area contributed by atoms with Crippen molar-refractivity contribution in [1.82, 2.24) is 15.4 Å². The Morgan fingerprint density at radius 1 is 1.19 bits per heavy atom.